The summed E-state index contributed by atoms with van der Waals surface area (Å²) in [4.78, 5) is 13.4. The van der Waals surface area contributed by atoms with Crippen LogP contribution >= 0.6 is 0 Å². The van der Waals surface area contributed by atoms with Crippen molar-refractivity contribution in [2.75, 3.05) is 32.0 Å². The lowest BCUT2D eigenvalue weighted by Crippen LogP contribution is -2.52. The van der Waals surface area contributed by atoms with E-state index in [0.717, 1.165) is 25.2 Å². The fourth-order valence-corrected chi connectivity index (χ4v) is 2.12. The normalized spacial score (nSPS) is 20.8. The SMILES string of the molecule is NC(=O)C1COCCN1CCc1ccc(N)cc1. The van der Waals surface area contributed by atoms with Crippen LogP contribution in [0, 0.1) is 0 Å². The van der Waals surface area contributed by atoms with Crippen LogP contribution in [0.2, 0.25) is 0 Å². The van der Waals surface area contributed by atoms with E-state index in [2.05, 4.69) is 4.90 Å². The molecular weight excluding hydrogens is 230 g/mol. The number of morpholine rings is 1. The first-order valence-corrected chi connectivity index (χ1v) is 6.12. The summed E-state index contributed by atoms with van der Waals surface area (Å²) in [6.45, 7) is 2.62. The van der Waals surface area contributed by atoms with Crippen molar-refractivity contribution in [3.8, 4) is 0 Å². The van der Waals surface area contributed by atoms with Gasteiger partial charge in [0, 0.05) is 18.8 Å². The highest BCUT2D eigenvalue weighted by molar-refractivity contribution is 5.80. The Kier molecular flexibility index (Phi) is 4.17. The molecule has 1 aromatic carbocycles. The lowest BCUT2D eigenvalue weighted by molar-refractivity contribution is -0.129. The maximum absolute atomic E-state index is 11.3. The predicted molar refractivity (Wildman–Crippen MR) is 69.9 cm³/mol. The minimum absolute atomic E-state index is 0.299. The molecule has 0 saturated carbocycles. The van der Waals surface area contributed by atoms with Crippen molar-refractivity contribution in [3.05, 3.63) is 29.8 Å². The fraction of sp³-hybridized carbons (Fsp3) is 0.462. The van der Waals surface area contributed by atoms with E-state index in [1.54, 1.807) is 0 Å². The van der Waals surface area contributed by atoms with E-state index in [1.165, 1.54) is 5.56 Å². The van der Waals surface area contributed by atoms with Gasteiger partial charge in [0.1, 0.15) is 6.04 Å². The molecule has 1 atom stereocenters. The number of nitrogen functional groups attached to an aromatic ring is 1. The Morgan fingerprint density at radius 1 is 1.39 bits per heavy atom. The van der Waals surface area contributed by atoms with Gasteiger partial charge in [-0.3, -0.25) is 9.69 Å². The Balaban J connectivity index is 1.91. The molecule has 1 fully saturated rings. The smallest absolute Gasteiger partial charge is 0.237 e. The van der Waals surface area contributed by atoms with Crippen LogP contribution in [0.5, 0.6) is 0 Å². The summed E-state index contributed by atoms with van der Waals surface area (Å²) in [7, 11) is 0. The molecule has 0 bridgehead atoms. The number of carbonyl (C=O) groups is 1. The van der Waals surface area contributed by atoms with E-state index in [-0.39, 0.29) is 11.9 Å². The minimum Gasteiger partial charge on any atom is -0.399 e. The van der Waals surface area contributed by atoms with E-state index in [1.807, 2.05) is 24.3 Å². The number of carbonyl (C=O) groups excluding carboxylic acids is 1. The van der Waals surface area contributed by atoms with Gasteiger partial charge < -0.3 is 16.2 Å². The zero-order chi connectivity index (χ0) is 13.0. The predicted octanol–water partition coefficient (Wildman–Crippen LogP) is -0.00260. The zero-order valence-corrected chi connectivity index (χ0v) is 10.3. The van der Waals surface area contributed by atoms with Gasteiger partial charge in [-0.1, -0.05) is 12.1 Å². The second-order valence-electron chi connectivity index (χ2n) is 4.52. The highest BCUT2D eigenvalue weighted by atomic mass is 16.5. The van der Waals surface area contributed by atoms with Crippen molar-refractivity contribution in [2.24, 2.45) is 5.73 Å². The molecule has 0 aliphatic carbocycles. The summed E-state index contributed by atoms with van der Waals surface area (Å²) in [6.07, 6.45) is 0.879. The fourth-order valence-electron chi connectivity index (χ4n) is 2.12. The number of nitrogens with two attached hydrogens (primary N) is 2. The molecule has 98 valence electrons. The second kappa shape index (κ2) is 5.84. The van der Waals surface area contributed by atoms with Crippen molar-refractivity contribution in [1.29, 1.82) is 0 Å². The summed E-state index contributed by atoms with van der Waals surface area (Å²) in [5.74, 6) is -0.313. The Hall–Kier alpha value is -1.59. The topological polar surface area (TPSA) is 81.6 Å². The zero-order valence-electron chi connectivity index (χ0n) is 10.3. The Morgan fingerprint density at radius 3 is 2.78 bits per heavy atom. The Morgan fingerprint density at radius 2 is 2.11 bits per heavy atom. The molecule has 4 N–H and O–H groups in total. The van der Waals surface area contributed by atoms with E-state index in [0.29, 0.717) is 13.2 Å². The lowest BCUT2D eigenvalue weighted by atomic mass is 10.1. The summed E-state index contributed by atoms with van der Waals surface area (Å²) in [5.41, 5.74) is 13.0. The van der Waals surface area contributed by atoms with Gasteiger partial charge in [-0.15, -0.1) is 0 Å². The average molecular weight is 249 g/mol. The summed E-state index contributed by atoms with van der Waals surface area (Å²) < 4.78 is 5.28. The lowest BCUT2D eigenvalue weighted by Gasteiger charge is -2.33. The highest BCUT2D eigenvalue weighted by Crippen LogP contribution is 2.10. The quantitative estimate of drug-likeness (QED) is 0.736. The maximum atomic E-state index is 11.3. The Labute approximate surface area is 107 Å². The molecule has 1 heterocycles. The number of benzene rings is 1. The van der Waals surface area contributed by atoms with Gasteiger partial charge >= 0.3 is 0 Å². The molecule has 1 aliphatic rings. The first-order chi connectivity index (χ1) is 8.66. The van der Waals surface area contributed by atoms with Gasteiger partial charge in [-0.05, 0) is 24.1 Å². The van der Waals surface area contributed by atoms with Crippen LogP contribution in [-0.4, -0.2) is 43.2 Å². The molecule has 0 aromatic heterocycles. The molecule has 1 aromatic rings. The molecular formula is C13H19N3O2. The third-order valence-electron chi connectivity index (χ3n) is 3.24. The van der Waals surface area contributed by atoms with Crippen LogP contribution in [0.15, 0.2) is 24.3 Å². The molecule has 1 unspecified atom stereocenters. The number of nitrogens with zero attached hydrogens (tertiary/aromatic N) is 1. The van der Waals surface area contributed by atoms with Crippen LogP contribution in [0.4, 0.5) is 5.69 Å². The van der Waals surface area contributed by atoms with Crippen LogP contribution in [0.25, 0.3) is 0 Å². The van der Waals surface area contributed by atoms with Crippen molar-refractivity contribution < 1.29 is 9.53 Å². The average Bonchev–Trinajstić information content (AvgIpc) is 2.38. The van der Waals surface area contributed by atoms with Crippen molar-refractivity contribution >= 4 is 11.6 Å². The molecule has 1 aliphatic heterocycles. The number of rotatable bonds is 4. The molecule has 5 nitrogen and oxygen atoms in total. The summed E-state index contributed by atoms with van der Waals surface area (Å²) in [5, 5.41) is 0. The van der Waals surface area contributed by atoms with Crippen LogP contribution < -0.4 is 11.5 Å². The Bertz CT molecular complexity index is 405. The first-order valence-electron chi connectivity index (χ1n) is 6.12. The number of hydrogen-bond donors (Lipinski definition) is 2. The maximum Gasteiger partial charge on any atom is 0.237 e. The van der Waals surface area contributed by atoms with E-state index in [4.69, 9.17) is 16.2 Å². The van der Waals surface area contributed by atoms with Gasteiger partial charge in [0.2, 0.25) is 5.91 Å². The number of amides is 1. The van der Waals surface area contributed by atoms with Crippen LogP contribution in [0.3, 0.4) is 0 Å². The molecule has 0 spiro atoms. The van der Waals surface area contributed by atoms with Gasteiger partial charge in [0.15, 0.2) is 0 Å². The molecule has 0 radical (unpaired) electrons. The number of ether oxygens (including phenoxy) is 1. The molecule has 5 heteroatoms. The number of anilines is 1. The van der Waals surface area contributed by atoms with Gasteiger partial charge in [0.05, 0.1) is 13.2 Å². The van der Waals surface area contributed by atoms with E-state index >= 15 is 0 Å². The van der Waals surface area contributed by atoms with Crippen LogP contribution in [0.1, 0.15) is 5.56 Å². The molecule has 1 amide bonds. The summed E-state index contributed by atoms with van der Waals surface area (Å²) in [6, 6.07) is 7.50. The molecule has 1 saturated heterocycles. The number of hydrogen-bond acceptors (Lipinski definition) is 4. The van der Waals surface area contributed by atoms with Gasteiger partial charge in [0.25, 0.3) is 0 Å². The minimum atomic E-state index is -0.313. The van der Waals surface area contributed by atoms with Crippen molar-refractivity contribution in [3.63, 3.8) is 0 Å². The molecule has 2 rings (SSSR count). The van der Waals surface area contributed by atoms with E-state index in [9.17, 15) is 4.79 Å². The number of primary amides is 1. The largest absolute Gasteiger partial charge is 0.399 e. The highest BCUT2D eigenvalue weighted by Gasteiger charge is 2.26. The third kappa shape index (κ3) is 3.21. The first kappa shape index (κ1) is 12.9. The van der Waals surface area contributed by atoms with Crippen molar-refractivity contribution in [2.45, 2.75) is 12.5 Å². The monoisotopic (exact) mass is 249 g/mol. The van der Waals surface area contributed by atoms with Gasteiger partial charge in [-0.2, -0.15) is 0 Å². The van der Waals surface area contributed by atoms with E-state index < -0.39 is 0 Å². The van der Waals surface area contributed by atoms with Crippen molar-refractivity contribution in [1.82, 2.24) is 4.90 Å². The van der Waals surface area contributed by atoms with Crippen LogP contribution in [-0.2, 0) is 16.0 Å². The molecule has 18 heavy (non-hydrogen) atoms. The second-order valence-corrected chi connectivity index (χ2v) is 4.52. The summed E-state index contributed by atoms with van der Waals surface area (Å²) >= 11 is 0. The van der Waals surface area contributed by atoms with Gasteiger partial charge in [-0.25, -0.2) is 0 Å². The third-order valence-corrected chi connectivity index (χ3v) is 3.24. The standard InChI is InChI=1S/C13H19N3O2/c14-11-3-1-10(2-4-11)5-6-16-7-8-18-9-12(16)13(15)17/h1-4,12H,5-9,14H2,(H2,15,17).